The molecule has 2 saturated carbocycles. The lowest BCUT2D eigenvalue weighted by Crippen LogP contribution is -2.50. The Balaban J connectivity index is 1.56. The van der Waals surface area contributed by atoms with Gasteiger partial charge in [-0.05, 0) is 91.8 Å². The molecule has 4 rings (SSSR count). The maximum absolute atomic E-state index is 11.1. The molecule has 0 aromatic carbocycles. The molecular weight excluding hydrogens is 356 g/mol. The molecule has 4 aliphatic carbocycles. The van der Waals surface area contributed by atoms with Gasteiger partial charge in [-0.15, -0.1) is 0 Å². The number of aliphatic hydroxyl groups excluding tert-OH is 2. The molecule has 2 N–H and O–H groups in total. The number of aliphatic hydroxyl groups is 2. The van der Waals surface area contributed by atoms with Gasteiger partial charge in [0.05, 0.1) is 12.2 Å². The summed E-state index contributed by atoms with van der Waals surface area (Å²) in [5, 5.41) is 21.4. The van der Waals surface area contributed by atoms with E-state index in [2.05, 4.69) is 34.6 Å². The third-order valence-electron chi connectivity index (χ3n) is 10.2. The Bertz CT molecular complexity index is 636. The number of rotatable bonds is 5. The zero-order valence-electron chi connectivity index (χ0n) is 19.7. The van der Waals surface area contributed by atoms with Gasteiger partial charge in [-0.3, -0.25) is 0 Å². The van der Waals surface area contributed by atoms with Crippen molar-refractivity contribution >= 4 is 0 Å². The van der Waals surface area contributed by atoms with E-state index < -0.39 is 0 Å². The van der Waals surface area contributed by atoms with Crippen LogP contribution in [-0.4, -0.2) is 22.4 Å². The molecule has 2 fully saturated rings. The summed E-state index contributed by atoms with van der Waals surface area (Å²) in [6.07, 6.45) is 12.6. The van der Waals surface area contributed by atoms with Crippen molar-refractivity contribution in [2.75, 3.05) is 0 Å². The molecule has 4 aliphatic rings. The molecule has 2 nitrogen and oxygen atoms in total. The molecule has 0 bridgehead atoms. The number of allylic oxidation sites excluding steroid dienone is 1. The van der Waals surface area contributed by atoms with Crippen molar-refractivity contribution in [1.29, 1.82) is 0 Å². The highest BCUT2D eigenvalue weighted by atomic mass is 16.3. The molecule has 166 valence electrons. The topological polar surface area (TPSA) is 40.5 Å². The highest BCUT2D eigenvalue weighted by molar-refractivity contribution is 5.35. The lowest BCUT2D eigenvalue weighted by molar-refractivity contribution is -0.0516. The zero-order valence-corrected chi connectivity index (χ0v) is 19.7. The van der Waals surface area contributed by atoms with E-state index in [1.165, 1.54) is 44.9 Å². The van der Waals surface area contributed by atoms with Crippen LogP contribution in [0.15, 0.2) is 11.1 Å². The smallest absolute Gasteiger partial charge is 0.0614 e. The summed E-state index contributed by atoms with van der Waals surface area (Å²) >= 11 is 0. The fourth-order valence-corrected chi connectivity index (χ4v) is 8.51. The van der Waals surface area contributed by atoms with Crippen LogP contribution in [-0.2, 0) is 0 Å². The van der Waals surface area contributed by atoms with Gasteiger partial charge in [0.15, 0.2) is 0 Å². The van der Waals surface area contributed by atoms with Crippen LogP contribution in [0.4, 0.5) is 0 Å². The van der Waals surface area contributed by atoms with Crippen molar-refractivity contribution in [2.45, 2.75) is 117 Å². The first-order valence-corrected chi connectivity index (χ1v) is 12.8. The summed E-state index contributed by atoms with van der Waals surface area (Å²) in [5.74, 6) is 3.46. The maximum atomic E-state index is 11.1. The quantitative estimate of drug-likeness (QED) is 0.515. The van der Waals surface area contributed by atoms with Gasteiger partial charge in [0.1, 0.15) is 0 Å². The molecule has 0 amide bonds. The van der Waals surface area contributed by atoms with Crippen molar-refractivity contribution in [3.05, 3.63) is 11.1 Å². The Morgan fingerprint density at radius 3 is 2.48 bits per heavy atom. The Morgan fingerprint density at radius 1 is 1.00 bits per heavy atom. The van der Waals surface area contributed by atoms with Crippen LogP contribution in [0.1, 0.15) is 105 Å². The second kappa shape index (κ2) is 7.97. The second-order valence-corrected chi connectivity index (χ2v) is 12.3. The number of hydrogen-bond acceptors (Lipinski definition) is 2. The van der Waals surface area contributed by atoms with Gasteiger partial charge in [-0.25, -0.2) is 0 Å². The van der Waals surface area contributed by atoms with E-state index in [4.69, 9.17) is 0 Å². The Labute approximate surface area is 179 Å². The van der Waals surface area contributed by atoms with Crippen LogP contribution >= 0.6 is 0 Å². The third kappa shape index (κ3) is 3.65. The molecule has 29 heavy (non-hydrogen) atoms. The molecule has 0 radical (unpaired) electrons. The molecule has 3 unspecified atom stereocenters. The van der Waals surface area contributed by atoms with Crippen molar-refractivity contribution < 1.29 is 10.2 Å². The molecular formula is C27H46O2. The Kier molecular flexibility index (Phi) is 6.01. The van der Waals surface area contributed by atoms with E-state index in [9.17, 15) is 10.2 Å². The molecule has 0 heterocycles. The summed E-state index contributed by atoms with van der Waals surface area (Å²) in [4.78, 5) is 0. The van der Waals surface area contributed by atoms with Crippen molar-refractivity contribution in [3.8, 4) is 0 Å². The highest BCUT2D eigenvalue weighted by Crippen LogP contribution is 2.66. The zero-order chi connectivity index (χ0) is 21.0. The van der Waals surface area contributed by atoms with Gasteiger partial charge in [-0.2, -0.15) is 0 Å². The molecule has 8 atom stereocenters. The van der Waals surface area contributed by atoms with Crippen LogP contribution in [0.25, 0.3) is 0 Å². The lowest BCUT2D eigenvalue weighted by atomic mass is 9.50. The van der Waals surface area contributed by atoms with Crippen molar-refractivity contribution in [1.82, 2.24) is 0 Å². The predicted molar refractivity (Wildman–Crippen MR) is 121 cm³/mol. The standard InChI is InChI=1S/C27H46O2/c1-17(2)7-6-8-18(3)21-9-10-22-20-16-25(29)24-15-19(28)11-13-27(24,5)23(20)12-14-26(21,22)4/h17-19,21-22,24-25,28-29H,6-16H2,1-5H3/t18-,19?,21-,22+,24?,25?,26-,27-/m1/s1. The van der Waals surface area contributed by atoms with E-state index in [0.717, 1.165) is 43.4 Å². The Hall–Kier alpha value is -0.340. The van der Waals surface area contributed by atoms with E-state index in [0.29, 0.717) is 11.3 Å². The minimum atomic E-state index is -0.251. The average Bonchev–Trinajstić information content (AvgIpc) is 3.00. The van der Waals surface area contributed by atoms with E-state index in [1.807, 2.05) is 0 Å². The molecule has 2 heteroatoms. The molecule has 0 aromatic rings. The molecule has 0 spiro atoms. The van der Waals surface area contributed by atoms with Crippen LogP contribution in [0.5, 0.6) is 0 Å². The van der Waals surface area contributed by atoms with Gasteiger partial charge in [-0.1, -0.05) is 65.0 Å². The molecule has 0 aromatic heterocycles. The minimum absolute atomic E-state index is 0.133. The normalized spacial score (nSPS) is 45.7. The van der Waals surface area contributed by atoms with Crippen LogP contribution in [0.3, 0.4) is 0 Å². The average molecular weight is 403 g/mol. The van der Waals surface area contributed by atoms with Crippen LogP contribution in [0.2, 0.25) is 0 Å². The summed E-state index contributed by atoms with van der Waals surface area (Å²) in [5.41, 5.74) is 3.95. The number of hydrogen-bond donors (Lipinski definition) is 2. The van der Waals surface area contributed by atoms with Gasteiger partial charge in [0, 0.05) is 0 Å². The van der Waals surface area contributed by atoms with Crippen molar-refractivity contribution in [2.24, 2.45) is 40.4 Å². The maximum Gasteiger partial charge on any atom is 0.0614 e. The molecule has 0 saturated heterocycles. The van der Waals surface area contributed by atoms with Gasteiger partial charge in [0.2, 0.25) is 0 Å². The van der Waals surface area contributed by atoms with Crippen molar-refractivity contribution in [3.63, 3.8) is 0 Å². The van der Waals surface area contributed by atoms with Gasteiger partial charge < -0.3 is 10.2 Å². The summed E-state index contributed by atoms with van der Waals surface area (Å²) in [6, 6.07) is 0. The SMILES string of the molecule is CC(C)CCC[C@@H](C)[C@H]1CC[C@H]2C3=C(CC[C@]12C)[C@@]1(C)CCC(O)CC1C(O)C3. The monoisotopic (exact) mass is 402 g/mol. The highest BCUT2D eigenvalue weighted by Gasteiger charge is 2.57. The minimum Gasteiger partial charge on any atom is -0.393 e. The first-order valence-electron chi connectivity index (χ1n) is 12.8. The first kappa shape index (κ1) is 21.9. The van der Waals surface area contributed by atoms with Gasteiger partial charge >= 0.3 is 0 Å². The lowest BCUT2D eigenvalue weighted by Gasteiger charge is -2.56. The second-order valence-electron chi connectivity index (χ2n) is 12.3. The fourth-order valence-electron chi connectivity index (χ4n) is 8.51. The summed E-state index contributed by atoms with van der Waals surface area (Å²) in [6.45, 7) is 12.2. The van der Waals surface area contributed by atoms with E-state index >= 15 is 0 Å². The van der Waals surface area contributed by atoms with E-state index in [-0.39, 0.29) is 23.5 Å². The first-order chi connectivity index (χ1) is 13.7. The van der Waals surface area contributed by atoms with Gasteiger partial charge in [0.25, 0.3) is 0 Å². The third-order valence-corrected chi connectivity index (χ3v) is 10.2. The van der Waals surface area contributed by atoms with Crippen LogP contribution < -0.4 is 0 Å². The van der Waals surface area contributed by atoms with Crippen LogP contribution in [0, 0.1) is 40.4 Å². The Morgan fingerprint density at radius 2 is 1.76 bits per heavy atom. The molecule has 0 aliphatic heterocycles. The summed E-state index contributed by atoms with van der Waals surface area (Å²) in [7, 11) is 0. The number of fused-ring (bicyclic) bond motifs is 4. The largest absolute Gasteiger partial charge is 0.393 e. The van der Waals surface area contributed by atoms with E-state index in [1.54, 1.807) is 11.1 Å². The predicted octanol–water partition coefficient (Wildman–Crippen LogP) is 6.50. The fraction of sp³-hybridized carbons (Fsp3) is 0.926. The summed E-state index contributed by atoms with van der Waals surface area (Å²) < 4.78 is 0.